The summed E-state index contributed by atoms with van der Waals surface area (Å²) in [6.07, 6.45) is 2.17. The highest BCUT2D eigenvalue weighted by Gasteiger charge is 2.25. The van der Waals surface area contributed by atoms with Gasteiger partial charge in [-0.15, -0.1) is 24.0 Å². The second-order valence-corrected chi connectivity index (χ2v) is 7.87. The Morgan fingerprint density at radius 3 is 2.61 bits per heavy atom. The minimum absolute atomic E-state index is 0. The van der Waals surface area contributed by atoms with Crippen LogP contribution in [0.4, 0.5) is 0 Å². The third kappa shape index (κ3) is 7.57. The van der Waals surface area contributed by atoms with Crippen LogP contribution < -0.4 is 15.4 Å². The lowest BCUT2D eigenvalue weighted by atomic mass is 9.97. The molecule has 1 heterocycles. The van der Waals surface area contributed by atoms with Gasteiger partial charge >= 0.3 is 0 Å². The number of methoxy groups -OCH3 is 1. The first kappa shape index (κ1) is 25.3. The number of ether oxygens (including phenoxy) is 1. The van der Waals surface area contributed by atoms with E-state index in [0.717, 1.165) is 44.0 Å². The van der Waals surface area contributed by atoms with E-state index in [-0.39, 0.29) is 29.7 Å². The van der Waals surface area contributed by atoms with Gasteiger partial charge in [-0.25, -0.2) is 4.99 Å². The number of hydrogen-bond donors (Lipinski definition) is 3. The molecule has 2 aromatic carbocycles. The molecule has 7 heteroatoms. The maximum atomic E-state index is 9.97. The third-order valence-electron chi connectivity index (χ3n) is 5.59. The molecule has 2 aromatic rings. The Balaban J connectivity index is 0.00000341. The second kappa shape index (κ2) is 12.8. The largest absolute Gasteiger partial charge is 0.504 e. The highest BCUT2D eigenvalue weighted by molar-refractivity contribution is 14.0. The van der Waals surface area contributed by atoms with Crippen LogP contribution in [0.3, 0.4) is 0 Å². The molecule has 31 heavy (non-hydrogen) atoms. The van der Waals surface area contributed by atoms with Crippen LogP contribution in [0.25, 0.3) is 0 Å². The normalized spacial score (nSPS) is 19.4. The quantitative estimate of drug-likeness (QED) is 0.281. The standard InChI is InChI=1S/C24H34N4O2.HI/c1-4-25-24(26-16-20-10-11-23(30-3)22(29)15-20)27-21-12-13-28(18(2)14-21)17-19-8-6-5-7-9-19;/h5-11,15,18,21,29H,4,12-14,16-17H2,1-3H3,(H2,25,26,27);1H. The number of phenols is 1. The van der Waals surface area contributed by atoms with Crippen molar-refractivity contribution in [3.63, 3.8) is 0 Å². The van der Waals surface area contributed by atoms with Crippen molar-refractivity contribution in [1.29, 1.82) is 0 Å². The summed E-state index contributed by atoms with van der Waals surface area (Å²) in [4.78, 5) is 7.27. The maximum Gasteiger partial charge on any atom is 0.191 e. The number of rotatable bonds is 7. The number of likely N-dealkylation sites (tertiary alicyclic amines) is 1. The molecule has 1 saturated heterocycles. The molecule has 1 aliphatic rings. The summed E-state index contributed by atoms with van der Waals surface area (Å²) in [5.74, 6) is 1.44. The molecule has 3 rings (SSSR count). The van der Waals surface area contributed by atoms with E-state index in [2.05, 4.69) is 59.7 Å². The fourth-order valence-electron chi connectivity index (χ4n) is 3.92. The Morgan fingerprint density at radius 2 is 1.97 bits per heavy atom. The zero-order valence-corrected chi connectivity index (χ0v) is 21.0. The van der Waals surface area contributed by atoms with E-state index < -0.39 is 0 Å². The van der Waals surface area contributed by atoms with Crippen molar-refractivity contribution >= 4 is 29.9 Å². The molecule has 0 amide bonds. The van der Waals surface area contributed by atoms with Gasteiger partial charge in [-0.2, -0.15) is 0 Å². The molecule has 2 atom stereocenters. The summed E-state index contributed by atoms with van der Waals surface area (Å²) in [5, 5.41) is 16.9. The fourth-order valence-corrected chi connectivity index (χ4v) is 3.92. The number of aromatic hydroxyl groups is 1. The lowest BCUT2D eigenvalue weighted by Crippen LogP contribution is -2.51. The average Bonchev–Trinajstić information content (AvgIpc) is 2.75. The summed E-state index contributed by atoms with van der Waals surface area (Å²) >= 11 is 0. The molecule has 170 valence electrons. The molecule has 0 bridgehead atoms. The molecule has 0 aliphatic carbocycles. The number of nitrogens with one attached hydrogen (secondary N) is 2. The van der Waals surface area contributed by atoms with Gasteiger partial charge in [-0.3, -0.25) is 4.90 Å². The van der Waals surface area contributed by atoms with E-state index >= 15 is 0 Å². The van der Waals surface area contributed by atoms with Gasteiger partial charge in [0.05, 0.1) is 13.7 Å². The van der Waals surface area contributed by atoms with Crippen molar-refractivity contribution in [1.82, 2.24) is 15.5 Å². The summed E-state index contributed by atoms with van der Waals surface area (Å²) < 4.78 is 5.11. The molecule has 6 nitrogen and oxygen atoms in total. The smallest absolute Gasteiger partial charge is 0.191 e. The van der Waals surface area contributed by atoms with Gasteiger partial charge in [-0.05, 0) is 49.9 Å². The van der Waals surface area contributed by atoms with Crippen molar-refractivity contribution in [2.24, 2.45) is 4.99 Å². The number of guanidine groups is 1. The van der Waals surface area contributed by atoms with Gasteiger partial charge in [0.1, 0.15) is 0 Å². The summed E-state index contributed by atoms with van der Waals surface area (Å²) in [6.45, 7) is 7.75. The number of piperidine rings is 1. The first-order valence-corrected chi connectivity index (χ1v) is 10.8. The highest BCUT2D eigenvalue weighted by Crippen LogP contribution is 2.26. The highest BCUT2D eigenvalue weighted by atomic mass is 127. The molecule has 0 radical (unpaired) electrons. The van der Waals surface area contributed by atoms with Crippen molar-refractivity contribution in [3.05, 3.63) is 59.7 Å². The zero-order valence-electron chi connectivity index (χ0n) is 18.7. The van der Waals surface area contributed by atoms with Gasteiger partial charge in [-0.1, -0.05) is 36.4 Å². The summed E-state index contributed by atoms with van der Waals surface area (Å²) in [5.41, 5.74) is 2.31. The molecular formula is C24H35IN4O2. The topological polar surface area (TPSA) is 69.1 Å². The van der Waals surface area contributed by atoms with Crippen molar-refractivity contribution in [2.45, 2.75) is 51.9 Å². The van der Waals surface area contributed by atoms with Crippen molar-refractivity contribution < 1.29 is 9.84 Å². The van der Waals surface area contributed by atoms with Crippen LogP contribution in [0.5, 0.6) is 11.5 Å². The predicted molar refractivity (Wildman–Crippen MR) is 137 cm³/mol. The minimum atomic E-state index is 0. The van der Waals surface area contributed by atoms with E-state index in [0.29, 0.717) is 24.4 Å². The van der Waals surface area contributed by atoms with Crippen LogP contribution in [0, 0.1) is 0 Å². The molecule has 0 aromatic heterocycles. The molecule has 0 saturated carbocycles. The number of hydrogen-bond acceptors (Lipinski definition) is 4. The molecular weight excluding hydrogens is 503 g/mol. The average molecular weight is 538 g/mol. The monoisotopic (exact) mass is 538 g/mol. The zero-order chi connectivity index (χ0) is 21.3. The molecule has 3 N–H and O–H groups in total. The van der Waals surface area contributed by atoms with Gasteiger partial charge in [0.15, 0.2) is 17.5 Å². The number of halogens is 1. The lowest BCUT2D eigenvalue weighted by Gasteiger charge is -2.38. The van der Waals surface area contributed by atoms with Crippen LogP contribution in [0.1, 0.15) is 37.8 Å². The SMILES string of the molecule is CCNC(=NCc1ccc(OC)c(O)c1)NC1CCN(Cc2ccccc2)C(C)C1.I. The van der Waals surface area contributed by atoms with Crippen LogP contribution in [-0.4, -0.2) is 48.2 Å². The number of benzene rings is 2. The lowest BCUT2D eigenvalue weighted by molar-refractivity contribution is 0.134. The number of nitrogens with zero attached hydrogens (tertiary/aromatic N) is 2. The van der Waals surface area contributed by atoms with Crippen molar-refractivity contribution in [2.75, 3.05) is 20.2 Å². The van der Waals surface area contributed by atoms with Gasteiger partial charge in [0, 0.05) is 31.7 Å². The minimum Gasteiger partial charge on any atom is -0.504 e. The van der Waals surface area contributed by atoms with E-state index in [9.17, 15) is 5.11 Å². The van der Waals surface area contributed by atoms with Gasteiger partial charge in [0.25, 0.3) is 0 Å². The Bertz CT molecular complexity index is 832. The molecule has 0 spiro atoms. The first-order chi connectivity index (χ1) is 14.6. The van der Waals surface area contributed by atoms with Crippen LogP contribution in [-0.2, 0) is 13.1 Å². The number of aliphatic imine (C=N–C) groups is 1. The van der Waals surface area contributed by atoms with Crippen molar-refractivity contribution in [3.8, 4) is 11.5 Å². The molecule has 1 fully saturated rings. The molecule has 2 unspecified atom stereocenters. The fraction of sp³-hybridized carbons (Fsp3) is 0.458. The third-order valence-corrected chi connectivity index (χ3v) is 5.59. The summed E-state index contributed by atoms with van der Waals surface area (Å²) in [7, 11) is 1.55. The first-order valence-electron chi connectivity index (χ1n) is 10.8. The van der Waals surface area contributed by atoms with Crippen LogP contribution in [0.15, 0.2) is 53.5 Å². The Hall–Kier alpha value is -2.00. The second-order valence-electron chi connectivity index (χ2n) is 7.87. The predicted octanol–water partition coefficient (Wildman–Crippen LogP) is 4.13. The van der Waals surface area contributed by atoms with E-state index in [1.807, 2.05) is 6.07 Å². The Kier molecular flexibility index (Phi) is 10.4. The summed E-state index contributed by atoms with van der Waals surface area (Å²) in [6, 6.07) is 17.0. The van der Waals surface area contributed by atoms with E-state index in [1.54, 1.807) is 19.2 Å². The van der Waals surface area contributed by atoms with Crippen LogP contribution in [0.2, 0.25) is 0 Å². The Morgan fingerprint density at radius 1 is 1.19 bits per heavy atom. The maximum absolute atomic E-state index is 9.97. The number of phenolic OH excluding ortho intramolecular Hbond substituents is 1. The van der Waals surface area contributed by atoms with Crippen LogP contribution >= 0.6 is 24.0 Å². The van der Waals surface area contributed by atoms with E-state index in [4.69, 9.17) is 9.73 Å². The Labute approximate surface area is 203 Å². The molecule has 1 aliphatic heterocycles. The van der Waals surface area contributed by atoms with Gasteiger partial charge < -0.3 is 20.5 Å². The van der Waals surface area contributed by atoms with E-state index in [1.165, 1.54) is 5.56 Å². The van der Waals surface area contributed by atoms with Gasteiger partial charge in [0.2, 0.25) is 0 Å².